The van der Waals surface area contributed by atoms with Gasteiger partial charge in [-0.2, -0.15) is 0 Å². The minimum atomic E-state index is -0.879. The Morgan fingerprint density at radius 3 is 2.60 bits per heavy atom. The van der Waals surface area contributed by atoms with E-state index in [4.69, 9.17) is 5.11 Å². The van der Waals surface area contributed by atoms with Gasteiger partial charge in [0.2, 0.25) is 0 Å². The van der Waals surface area contributed by atoms with Crippen molar-refractivity contribution in [1.82, 2.24) is 0 Å². The van der Waals surface area contributed by atoms with E-state index >= 15 is 0 Å². The summed E-state index contributed by atoms with van der Waals surface area (Å²) in [6.45, 7) is 1.98. The molecule has 15 heavy (non-hydrogen) atoms. The number of carboxylic acids is 1. The number of carbonyl (C=O) groups is 1. The van der Waals surface area contributed by atoms with Gasteiger partial charge in [-0.3, -0.25) is 0 Å². The Hall–Kier alpha value is -1.21. The van der Waals surface area contributed by atoms with Crippen molar-refractivity contribution in [3.05, 3.63) is 47.5 Å². The van der Waals surface area contributed by atoms with Gasteiger partial charge in [0, 0.05) is 19.5 Å². The first kappa shape index (κ1) is 11.9. The molecule has 0 spiro atoms. The molecule has 2 aromatic carbocycles. The standard InChI is InChI=1S/C12H10O2.Zn/c1-8-3-2-4-9-5-6-10(12(13)14)7-11(8)9;/h2-7H,1H3,(H,13,14);. The van der Waals surface area contributed by atoms with Gasteiger partial charge < -0.3 is 5.11 Å². The SMILES string of the molecule is Cc1cccc2ccc(C(=O)O)cc12.[Zn]. The average Bonchev–Trinajstić information content (AvgIpc) is 2.18. The van der Waals surface area contributed by atoms with E-state index in [2.05, 4.69) is 0 Å². The number of benzene rings is 2. The van der Waals surface area contributed by atoms with Gasteiger partial charge in [-0.25, -0.2) is 4.79 Å². The van der Waals surface area contributed by atoms with Gasteiger partial charge in [0.15, 0.2) is 0 Å². The van der Waals surface area contributed by atoms with Crippen LogP contribution in [0.25, 0.3) is 10.8 Å². The molecule has 0 aliphatic carbocycles. The molecule has 0 aliphatic heterocycles. The van der Waals surface area contributed by atoms with Gasteiger partial charge in [0.05, 0.1) is 5.56 Å². The molecule has 0 atom stereocenters. The van der Waals surface area contributed by atoms with E-state index < -0.39 is 5.97 Å². The molecule has 2 aromatic rings. The molecule has 0 fully saturated rings. The molecular weight excluding hydrogens is 242 g/mol. The molecule has 2 rings (SSSR count). The molecule has 3 heteroatoms. The fraction of sp³-hybridized carbons (Fsp3) is 0.0833. The Labute approximate surface area is 101 Å². The van der Waals surface area contributed by atoms with E-state index in [0.717, 1.165) is 16.3 Å². The quantitative estimate of drug-likeness (QED) is 0.792. The summed E-state index contributed by atoms with van der Waals surface area (Å²) in [6, 6.07) is 11.1. The Morgan fingerprint density at radius 1 is 1.20 bits per heavy atom. The first-order valence-electron chi connectivity index (χ1n) is 4.41. The van der Waals surface area contributed by atoms with Crippen molar-refractivity contribution in [2.24, 2.45) is 0 Å². The monoisotopic (exact) mass is 250 g/mol. The van der Waals surface area contributed by atoms with Gasteiger partial charge in [-0.1, -0.05) is 24.3 Å². The van der Waals surface area contributed by atoms with E-state index in [1.807, 2.05) is 31.2 Å². The van der Waals surface area contributed by atoms with Crippen LogP contribution in [0.15, 0.2) is 36.4 Å². The Balaban J connectivity index is 0.00000112. The van der Waals surface area contributed by atoms with E-state index in [1.165, 1.54) is 0 Å². The summed E-state index contributed by atoms with van der Waals surface area (Å²) in [4.78, 5) is 10.8. The number of aryl methyl sites for hydroxylation is 1. The number of rotatable bonds is 1. The molecule has 0 aromatic heterocycles. The van der Waals surface area contributed by atoms with E-state index in [-0.39, 0.29) is 19.5 Å². The molecule has 1 N–H and O–H groups in total. The minimum Gasteiger partial charge on any atom is -0.478 e. The van der Waals surface area contributed by atoms with Crippen molar-refractivity contribution < 1.29 is 29.4 Å². The van der Waals surface area contributed by atoms with Crippen LogP contribution in [0.3, 0.4) is 0 Å². The fourth-order valence-corrected chi connectivity index (χ4v) is 1.56. The van der Waals surface area contributed by atoms with Crippen LogP contribution in [0.2, 0.25) is 0 Å². The zero-order chi connectivity index (χ0) is 10.1. The first-order chi connectivity index (χ1) is 6.68. The van der Waals surface area contributed by atoms with Crippen LogP contribution >= 0.6 is 0 Å². The van der Waals surface area contributed by atoms with E-state index in [1.54, 1.807) is 12.1 Å². The zero-order valence-corrected chi connectivity index (χ0v) is 11.5. The molecule has 2 nitrogen and oxygen atoms in total. The molecule has 0 unspecified atom stereocenters. The normalized spacial score (nSPS) is 9.67. The minimum absolute atomic E-state index is 0. The maximum atomic E-state index is 10.8. The Morgan fingerprint density at radius 2 is 1.93 bits per heavy atom. The fourth-order valence-electron chi connectivity index (χ4n) is 1.56. The van der Waals surface area contributed by atoms with Crippen LogP contribution in [-0.4, -0.2) is 11.1 Å². The number of carboxylic acid groups (broad SMARTS) is 1. The summed E-state index contributed by atoms with van der Waals surface area (Å²) in [5.74, 6) is -0.879. The van der Waals surface area contributed by atoms with Crippen LogP contribution in [0.1, 0.15) is 15.9 Å². The van der Waals surface area contributed by atoms with Crippen molar-refractivity contribution in [2.45, 2.75) is 6.92 Å². The van der Waals surface area contributed by atoms with E-state index in [9.17, 15) is 4.79 Å². The summed E-state index contributed by atoms with van der Waals surface area (Å²) in [7, 11) is 0. The van der Waals surface area contributed by atoms with Crippen LogP contribution in [0.4, 0.5) is 0 Å². The van der Waals surface area contributed by atoms with Gasteiger partial charge in [-0.05, 0) is 35.4 Å². The summed E-state index contributed by atoms with van der Waals surface area (Å²) < 4.78 is 0. The first-order valence-corrected chi connectivity index (χ1v) is 4.41. The average molecular weight is 252 g/mol. The maximum absolute atomic E-state index is 10.8. The van der Waals surface area contributed by atoms with Crippen LogP contribution in [0, 0.1) is 6.92 Å². The third kappa shape index (κ3) is 2.24. The summed E-state index contributed by atoms with van der Waals surface area (Å²) >= 11 is 0. The number of aromatic carboxylic acids is 1. The summed E-state index contributed by atoms with van der Waals surface area (Å²) in [6.07, 6.45) is 0. The molecule has 0 aliphatic rings. The largest absolute Gasteiger partial charge is 0.478 e. The van der Waals surface area contributed by atoms with Gasteiger partial charge in [-0.15, -0.1) is 0 Å². The van der Waals surface area contributed by atoms with Gasteiger partial charge >= 0.3 is 5.97 Å². The van der Waals surface area contributed by atoms with Crippen molar-refractivity contribution in [3.8, 4) is 0 Å². The van der Waals surface area contributed by atoms with Crippen LogP contribution in [0.5, 0.6) is 0 Å². The molecule has 0 saturated carbocycles. The zero-order valence-electron chi connectivity index (χ0n) is 8.53. The second-order valence-electron chi connectivity index (χ2n) is 3.32. The molecule has 0 saturated heterocycles. The number of hydrogen-bond acceptors (Lipinski definition) is 1. The summed E-state index contributed by atoms with van der Waals surface area (Å²) in [5, 5.41) is 10.9. The molecule has 0 bridgehead atoms. The van der Waals surface area contributed by atoms with Crippen molar-refractivity contribution in [3.63, 3.8) is 0 Å². The third-order valence-corrected chi connectivity index (χ3v) is 2.35. The predicted molar refractivity (Wildman–Crippen MR) is 55.6 cm³/mol. The van der Waals surface area contributed by atoms with E-state index in [0.29, 0.717) is 5.56 Å². The van der Waals surface area contributed by atoms with Crippen LogP contribution in [-0.2, 0) is 19.5 Å². The summed E-state index contributed by atoms with van der Waals surface area (Å²) in [5.41, 5.74) is 1.44. The Bertz CT molecular complexity index is 506. The smallest absolute Gasteiger partial charge is 0.335 e. The van der Waals surface area contributed by atoms with Crippen LogP contribution < -0.4 is 0 Å². The predicted octanol–water partition coefficient (Wildman–Crippen LogP) is 2.84. The Kier molecular flexibility index (Phi) is 3.59. The second kappa shape index (κ2) is 4.54. The van der Waals surface area contributed by atoms with Gasteiger partial charge in [0.25, 0.3) is 0 Å². The van der Waals surface area contributed by atoms with Crippen molar-refractivity contribution in [1.29, 1.82) is 0 Å². The topological polar surface area (TPSA) is 37.3 Å². The molecule has 0 radical (unpaired) electrons. The molecular formula is C12H10O2Zn. The van der Waals surface area contributed by atoms with Gasteiger partial charge in [0.1, 0.15) is 0 Å². The molecule has 0 heterocycles. The molecule has 72 valence electrons. The number of hydrogen-bond donors (Lipinski definition) is 1. The van der Waals surface area contributed by atoms with Crippen molar-refractivity contribution >= 4 is 16.7 Å². The number of fused-ring (bicyclic) bond motifs is 1. The van der Waals surface area contributed by atoms with Crippen molar-refractivity contribution in [2.75, 3.05) is 0 Å². The molecule has 0 amide bonds. The maximum Gasteiger partial charge on any atom is 0.335 e. The third-order valence-electron chi connectivity index (χ3n) is 2.35. The second-order valence-corrected chi connectivity index (χ2v) is 3.32.